The molecule has 13 heteroatoms. The topological polar surface area (TPSA) is 0 Å². The quantitative estimate of drug-likeness (QED) is 0.196. The summed E-state index contributed by atoms with van der Waals surface area (Å²) in [6.45, 7) is 0. The van der Waals surface area contributed by atoms with Crippen LogP contribution >= 0.6 is 0 Å². The maximum atomic E-state index is 14.4. The predicted molar refractivity (Wildman–Crippen MR) is 110 cm³/mol. The summed E-state index contributed by atoms with van der Waals surface area (Å²) < 4.78 is 167. The minimum Gasteiger partial charge on any atom is -0.212 e. The Kier molecular flexibility index (Phi) is 6.81. The molecule has 0 N–H and O–H groups in total. The Balaban J connectivity index is 2.33. The standard InChI is InChI=1S/4C6H2F3.Al/c4*7-4-2-1-3-5(8)6(4)9;/h4*2-3H;/q;;;;-1. The SMILES string of the molecule is Fc1c[c]([Al-]([c]2cc(F)c(F)c(F)c2)([c]2cc(F)c(F)c(F)c2)[c]2cc(F)c(F)c(F)c2)cc(F)c1F. The Morgan fingerprint density at radius 3 is 0.541 bits per heavy atom. The Morgan fingerprint density at radius 1 is 0.270 bits per heavy atom. The minimum atomic E-state index is -5.67. The molecule has 4 aromatic rings. The second-order valence-electron chi connectivity index (χ2n) is 8.06. The average molecular weight is 551 g/mol. The zero-order chi connectivity index (χ0) is 27.4. The zero-order valence-corrected chi connectivity index (χ0v) is 18.9. The lowest BCUT2D eigenvalue weighted by molar-refractivity contribution is 0.447. The monoisotopic (exact) mass is 551 g/mol. The lowest BCUT2D eigenvalue weighted by Gasteiger charge is -2.41. The molecule has 0 aromatic heterocycles. The van der Waals surface area contributed by atoms with Gasteiger partial charge in [-0.15, -0.1) is 0 Å². The third-order valence-electron chi connectivity index (χ3n) is 6.02. The summed E-state index contributed by atoms with van der Waals surface area (Å²) in [6, 6.07) is 1.78. The highest BCUT2D eigenvalue weighted by Gasteiger charge is 2.41. The molecule has 0 fully saturated rings. The fourth-order valence-corrected chi connectivity index (χ4v) is 9.94. The first kappa shape index (κ1) is 26.6. The Hall–Kier alpha value is -3.43. The number of benzene rings is 4. The molecule has 0 aliphatic rings. The highest BCUT2D eigenvalue weighted by atomic mass is 27.2. The molecule has 0 radical (unpaired) electrons. The number of hydrogen-bond donors (Lipinski definition) is 0. The van der Waals surface area contributed by atoms with Gasteiger partial charge in [0.15, 0.2) is 69.8 Å². The molecule has 0 saturated heterocycles. The van der Waals surface area contributed by atoms with Gasteiger partial charge in [-0.3, -0.25) is 0 Å². The van der Waals surface area contributed by atoms with E-state index in [1.54, 1.807) is 0 Å². The van der Waals surface area contributed by atoms with Gasteiger partial charge in [0, 0.05) is 0 Å². The molecule has 4 aromatic carbocycles. The molecule has 0 aliphatic heterocycles. The van der Waals surface area contributed by atoms with Crippen LogP contribution < -0.4 is 17.7 Å². The van der Waals surface area contributed by atoms with Gasteiger partial charge in [0.2, 0.25) is 0 Å². The van der Waals surface area contributed by atoms with Gasteiger partial charge in [-0.25, -0.2) is 70.4 Å². The summed E-state index contributed by atoms with van der Waals surface area (Å²) in [5.74, 6) is -23.7. The van der Waals surface area contributed by atoms with Crippen molar-refractivity contribution in [1.82, 2.24) is 0 Å². The van der Waals surface area contributed by atoms with Crippen molar-refractivity contribution >= 4 is 30.8 Å². The second-order valence-corrected chi connectivity index (χ2v) is 12.5. The normalized spacial score (nSPS) is 11.8. The van der Waals surface area contributed by atoms with Crippen LogP contribution in [-0.2, 0) is 0 Å². The second kappa shape index (κ2) is 9.46. The van der Waals surface area contributed by atoms with Gasteiger partial charge >= 0.3 is 0 Å². The van der Waals surface area contributed by atoms with Crippen molar-refractivity contribution in [1.29, 1.82) is 0 Å². The highest BCUT2D eigenvalue weighted by molar-refractivity contribution is 7.19. The van der Waals surface area contributed by atoms with Crippen molar-refractivity contribution in [2.45, 2.75) is 0 Å². The molecule has 37 heavy (non-hydrogen) atoms. The maximum absolute atomic E-state index is 14.4. The maximum Gasteiger partial charge on any atom is 0.268 e. The van der Waals surface area contributed by atoms with Crippen molar-refractivity contribution in [3.8, 4) is 0 Å². The van der Waals surface area contributed by atoms with Crippen LogP contribution in [0.25, 0.3) is 0 Å². The van der Waals surface area contributed by atoms with E-state index in [0.29, 0.717) is 0 Å². The lowest BCUT2D eigenvalue weighted by Crippen LogP contribution is -2.75. The van der Waals surface area contributed by atoms with Crippen LogP contribution in [0, 0.1) is 69.8 Å². The number of hydrogen-bond acceptors (Lipinski definition) is 0. The predicted octanol–water partition coefficient (Wildman–Crippen LogP) is 4.73. The lowest BCUT2D eigenvalue weighted by atomic mass is 10.3. The number of halogens is 12. The van der Waals surface area contributed by atoms with Crippen molar-refractivity contribution in [2.75, 3.05) is 0 Å². The Bertz CT molecular complexity index is 1240. The van der Waals surface area contributed by atoms with E-state index in [1.165, 1.54) is 0 Å². The van der Waals surface area contributed by atoms with E-state index in [2.05, 4.69) is 0 Å². The van der Waals surface area contributed by atoms with E-state index in [1.807, 2.05) is 0 Å². The molecular formula is C24H8AlF12-. The van der Waals surface area contributed by atoms with Crippen molar-refractivity contribution in [3.63, 3.8) is 0 Å². The van der Waals surface area contributed by atoms with Crippen LogP contribution in [0.3, 0.4) is 0 Å². The highest BCUT2D eigenvalue weighted by Crippen LogP contribution is 2.20. The van der Waals surface area contributed by atoms with Crippen LogP contribution in [0.5, 0.6) is 0 Å². The molecule has 0 heterocycles. The summed E-state index contributed by atoms with van der Waals surface area (Å²) in [5.41, 5.74) is 0. The molecule has 0 atom stereocenters. The van der Waals surface area contributed by atoms with Gasteiger partial charge in [0.05, 0.1) is 0 Å². The van der Waals surface area contributed by atoms with Crippen molar-refractivity contribution in [2.24, 2.45) is 0 Å². The third-order valence-corrected chi connectivity index (χ3v) is 11.4. The van der Waals surface area contributed by atoms with Crippen LogP contribution in [0.15, 0.2) is 48.5 Å². The summed E-state index contributed by atoms with van der Waals surface area (Å²) >= 11 is -5.67. The van der Waals surface area contributed by atoms with E-state index >= 15 is 0 Å². The van der Waals surface area contributed by atoms with E-state index in [9.17, 15) is 52.7 Å². The van der Waals surface area contributed by atoms with Crippen LogP contribution in [0.2, 0.25) is 0 Å². The molecule has 192 valence electrons. The zero-order valence-electron chi connectivity index (χ0n) is 17.7. The molecule has 0 aliphatic carbocycles. The Morgan fingerprint density at radius 2 is 0.405 bits per heavy atom. The molecule has 0 bridgehead atoms. The molecule has 4 rings (SSSR count). The first-order valence-corrected chi connectivity index (χ1v) is 12.4. The van der Waals surface area contributed by atoms with E-state index in [4.69, 9.17) is 0 Å². The van der Waals surface area contributed by atoms with E-state index < -0.39 is 101 Å². The first-order valence-electron chi connectivity index (χ1n) is 10.0. The van der Waals surface area contributed by atoms with E-state index in [0.717, 1.165) is 0 Å². The summed E-state index contributed by atoms with van der Waals surface area (Å²) in [5, 5.41) is 0. The fraction of sp³-hybridized carbons (Fsp3) is 0. The first-order chi connectivity index (χ1) is 17.3. The summed E-state index contributed by atoms with van der Waals surface area (Å²) in [7, 11) is 0. The average Bonchev–Trinajstić information content (AvgIpc) is 2.83. The molecule has 0 spiro atoms. The molecule has 0 saturated carbocycles. The van der Waals surface area contributed by atoms with Gasteiger partial charge in [-0.1, -0.05) is 48.5 Å². The molecule has 0 amide bonds. The van der Waals surface area contributed by atoms with Gasteiger partial charge < -0.3 is 0 Å². The third kappa shape index (κ3) is 4.26. The fourth-order valence-electron chi connectivity index (χ4n) is 4.46. The van der Waals surface area contributed by atoms with E-state index in [-0.39, 0.29) is 48.5 Å². The smallest absolute Gasteiger partial charge is 0.212 e. The van der Waals surface area contributed by atoms with Gasteiger partial charge in [-0.05, 0) is 0 Å². The van der Waals surface area contributed by atoms with Crippen LogP contribution in [0.4, 0.5) is 52.7 Å². The van der Waals surface area contributed by atoms with Gasteiger partial charge in [-0.2, -0.15) is 0 Å². The molecule has 0 nitrogen and oxygen atoms in total. The summed E-state index contributed by atoms with van der Waals surface area (Å²) in [4.78, 5) is 0. The van der Waals surface area contributed by atoms with Crippen molar-refractivity contribution in [3.05, 3.63) is 118 Å². The van der Waals surface area contributed by atoms with Gasteiger partial charge in [0.25, 0.3) is 13.1 Å². The van der Waals surface area contributed by atoms with Crippen LogP contribution in [0.1, 0.15) is 0 Å². The molecular weight excluding hydrogens is 543 g/mol. The minimum absolute atomic E-state index is 0.223. The van der Waals surface area contributed by atoms with Gasteiger partial charge in [0.1, 0.15) is 0 Å². The summed E-state index contributed by atoms with van der Waals surface area (Å²) in [6.07, 6.45) is 0. The van der Waals surface area contributed by atoms with Crippen LogP contribution in [-0.4, -0.2) is 13.1 Å². The number of rotatable bonds is 4. The Labute approximate surface area is 202 Å². The van der Waals surface area contributed by atoms with Crippen molar-refractivity contribution < 1.29 is 52.7 Å². The molecule has 0 unspecified atom stereocenters. The largest absolute Gasteiger partial charge is 0.268 e.